The van der Waals surface area contributed by atoms with Crippen LogP contribution in [-0.2, 0) is 10.0 Å². The Labute approximate surface area is 103 Å². The van der Waals surface area contributed by atoms with Crippen molar-refractivity contribution in [1.29, 1.82) is 0 Å². The van der Waals surface area contributed by atoms with Crippen LogP contribution in [0.4, 0.5) is 0 Å². The number of nitrogens with one attached hydrogen (secondary N) is 2. The normalized spacial score (nSPS) is 26.1. The van der Waals surface area contributed by atoms with Crippen LogP contribution in [0.25, 0.3) is 0 Å². The zero-order valence-electron chi connectivity index (χ0n) is 10.0. The van der Waals surface area contributed by atoms with Gasteiger partial charge in [-0.05, 0) is 25.6 Å². The SMILES string of the molecule is CCNCCS(=O)(=O)NC1CCCC1SC. The maximum atomic E-state index is 11.8. The minimum atomic E-state index is -3.11. The fourth-order valence-corrected chi connectivity index (χ4v) is 4.31. The summed E-state index contributed by atoms with van der Waals surface area (Å²) in [4.78, 5) is 0. The molecule has 0 aromatic heterocycles. The molecular formula is C10H22N2O2S2. The predicted molar refractivity (Wildman–Crippen MR) is 70.4 cm³/mol. The highest BCUT2D eigenvalue weighted by molar-refractivity contribution is 7.99. The Balaban J connectivity index is 2.39. The van der Waals surface area contributed by atoms with E-state index in [2.05, 4.69) is 16.3 Å². The largest absolute Gasteiger partial charge is 0.316 e. The van der Waals surface area contributed by atoms with Gasteiger partial charge in [0.25, 0.3) is 0 Å². The summed E-state index contributed by atoms with van der Waals surface area (Å²) in [5.74, 6) is 0.179. The second-order valence-corrected chi connectivity index (χ2v) is 7.05. The van der Waals surface area contributed by atoms with Crippen molar-refractivity contribution in [1.82, 2.24) is 10.0 Å². The van der Waals surface area contributed by atoms with E-state index in [9.17, 15) is 8.42 Å². The zero-order chi connectivity index (χ0) is 12.0. The summed E-state index contributed by atoms with van der Waals surface area (Å²) >= 11 is 1.77. The molecule has 16 heavy (non-hydrogen) atoms. The van der Waals surface area contributed by atoms with Gasteiger partial charge in [-0.3, -0.25) is 0 Å². The third-order valence-electron chi connectivity index (χ3n) is 2.88. The van der Waals surface area contributed by atoms with Crippen molar-refractivity contribution in [2.45, 2.75) is 37.5 Å². The van der Waals surface area contributed by atoms with Crippen molar-refractivity contribution >= 4 is 21.8 Å². The average molecular weight is 266 g/mol. The van der Waals surface area contributed by atoms with E-state index in [0.717, 1.165) is 25.8 Å². The van der Waals surface area contributed by atoms with Crippen molar-refractivity contribution in [3.8, 4) is 0 Å². The molecule has 1 aliphatic rings. The first-order chi connectivity index (χ1) is 7.59. The third-order valence-corrected chi connectivity index (χ3v) is 5.46. The lowest BCUT2D eigenvalue weighted by molar-refractivity contribution is 0.552. The van der Waals surface area contributed by atoms with E-state index in [1.165, 1.54) is 0 Å². The van der Waals surface area contributed by atoms with Gasteiger partial charge in [-0.15, -0.1) is 0 Å². The summed E-state index contributed by atoms with van der Waals surface area (Å²) in [6.45, 7) is 3.32. The predicted octanol–water partition coefficient (Wildman–Crippen LogP) is 0.799. The molecule has 0 aromatic rings. The van der Waals surface area contributed by atoms with E-state index in [1.54, 1.807) is 11.8 Å². The molecule has 0 amide bonds. The molecule has 1 aliphatic carbocycles. The van der Waals surface area contributed by atoms with E-state index in [-0.39, 0.29) is 11.8 Å². The van der Waals surface area contributed by atoms with Crippen LogP contribution in [0.1, 0.15) is 26.2 Å². The van der Waals surface area contributed by atoms with Gasteiger partial charge in [0.1, 0.15) is 0 Å². The lowest BCUT2D eigenvalue weighted by Gasteiger charge is -2.19. The van der Waals surface area contributed by atoms with Gasteiger partial charge in [-0.2, -0.15) is 11.8 Å². The number of hydrogen-bond acceptors (Lipinski definition) is 4. The monoisotopic (exact) mass is 266 g/mol. The molecule has 0 bridgehead atoms. The molecule has 6 heteroatoms. The van der Waals surface area contributed by atoms with Crippen LogP contribution >= 0.6 is 11.8 Å². The summed E-state index contributed by atoms with van der Waals surface area (Å²) in [5, 5.41) is 3.48. The smallest absolute Gasteiger partial charge is 0.213 e. The van der Waals surface area contributed by atoms with Crippen LogP contribution in [-0.4, -0.2) is 44.8 Å². The third kappa shape index (κ3) is 4.61. The van der Waals surface area contributed by atoms with E-state index in [4.69, 9.17) is 0 Å². The van der Waals surface area contributed by atoms with Crippen molar-refractivity contribution in [2.75, 3.05) is 25.1 Å². The van der Waals surface area contributed by atoms with Gasteiger partial charge in [-0.1, -0.05) is 13.3 Å². The molecule has 1 rings (SSSR count). The van der Waals surface area contributed by atoms with Crippen LogP contribution < -0.4 is 10.0 Å². The standard InChI is InChI=1S/C10H22N2O2S2/c1-3-11-7-8-16(13,14)12-9-5-4-6-10(9)15-2/h9-12H,3-8H2,1-2H3. The summed E-state index contributed by atoms with van der Waals surface area (Å²) < 4.78 is 26.4. The van der Waals surface area contributed by atoms with E-state index < -0.39 is 10.0 Å². The molecule has 2 N–H and O–H groups in total. The molecular weight excluding hydrogens is 244 g/mol. The number of hydrogen-bond donors (Lipinski definition) is 2. The van der Waals surface area contributed by atoms with Crippen LogP contribution in [0.3, 0.4) is 0 Å². The Hall–Kier alpha value is 0.220. The first-order valence-corrected chi connectivity index (χ1v) is 8.76. The molecule has 2 atom stereocenters. The number of sulfonamides is 1. The summed E-state index contributed by atoms with van der Waals surface area (Å²) in [6.07, 6.45) is 5.29. The fraction of sp³-hybridized carbons (Fsp3) is 1.00. The minimum absolute atomic E-state index is 0.140. The molecule has 96 valence electrons. The maximum Gasteiger partial charge on any atom is 0.213 e. The molecule has 0 aromatic carbocycles. The highest BCUT2D eigenvalue weighted by Gasteiger charge is 2.29. The summed E-state index contributed by atoms with van der Waals surface area (Å²) in [5.41, 5.74) is 0. The Morgan fingerprint density at radius 1 is 1.38 bits per heavy atom. The lowest BCUT2D eigenvalue weighted by Crippen LogP contribution is -2.41. The fourth-order valence-electron chi connectivity index (χ4n) is 2.02. The molecule has 2 unspecified atom stereocenters. The van der Waals surface area contributed by atoms with Crippen LogP contribution in [0.15, 0.2) is 0 Å². The van der Waals surface area contributed by atoms with Gasteiger partial charge >= 0.3 is 0 Å². The first kappa shape index (κ1) is 14.3. The van der Waals surface area contributed by atoms with Crippen LogP contribution in [0.5, 0.6) is 0 Å². The second-order valence-electron chi connectivity index (χ2n) is 4.10. The Morgan fingerprint density at radius 2 is 2.12 bits per heavy atom. The minimum Gasteiger partial charge on any atom is -0.316 e. The van der Waals surface area contributed by atoms with Crippen molar-refractivity contribution in [3.63, 3.8) is 0 Å². The highest BCUT2D eigenvalue weighted by atomic mass is 32.2. The molecule has 0 spiro atoms. The van der Waals surface area contributed by atoms with Gasteiger partial charge in [-0.25, -0.2) is 13.1 Å². The Morgan fingerprint density at radius 3 is 2.75 bits per heavy atom. The van der Waals surface area contributed by atoms with E-state index in [1.807, 2.05) is 6.92 Å². The molecule has 1 saturated carbocycles. The molecule has 0 saturated heterocycles. The molecule has 4 nitrogen and oxygen atoms in total. The van der Waals surface area contributed by atoms with Crippen LogP contribution in [0, 0.1) is 0 Å². The second kappa shape index (κ2) is 6.83. The molecule has 0 aliphatic heterocycles. The number of rotatable bonds is 7. The van der Waals surface area contributed by atoms with Gasteiger partial charge < -0.3 is 5.32 Å². The number of thioether (sulfide) groups is 1. The van der Waals surface area contributed by atoms with Gasteiger partial charge in [0.2, 0.25) is 10.0 Å². The van der Waals surface area contributed by atoms with E-state index >= 15 is 0 Å². The first-order valence-electron chi connectivity index (χ1n) is 5.82. The molecule has 1 fully saturated rings. The lowest BCUT2D eigenvalue weighted by atomic mass is 10.3. The van der Waals surface area contributed by atoms with E-state index in [0.29, 0.717) is 11.8 Å². The average Bonchev–Trinajstić information content (AvgIpc) is 2.64. The van der Waals surface area contributed by atoms with Crippen molar-refractivity contribution in [3.05, 3.63) is 0 Å². The van der Waals surface area contributed by atoms with Crippen molar-refractivity contribution < 1.29 is 8.42 Å². The van der Waals surface area contributed by atoms with Gasteiger partial charge in [0.05, 0.1) is 5.75 Å². The summed E-state index contributed by atoms with van der Waals surface area (Å²) in [7, 11) is -3.11. The topological polar surface area (TPSA) is 58.2 Å². The highest BCUT2D eigenvalue weighted by Crippen LogP contribution is 2.28. The molecule has 0 radical (unpaired) electrons. The van der Waals surface area contributed by atoms with Crippen LogP contribution in [0.2, 0.25) is 0 Å². The zero-order valence-corrected chi connectivity index (χ0v) is 11.7. The summed E-state index contributed by atoms with van der Waals surface area (Å²) in [6, 6.07) is 0.140. The quantitative estimate of drug-likeness (QED) is 0.669. The van der Waals surface area contributed by atoms with Crippen molar-refractivity contribution in [2.24, 2.45) is 0 Å². The maximum absolute atomic E-state index is 11.8. The molecule has 0 heterocycles. The Kier molecular flexibility index (Phi) is 6.10. The Bertz CT molecular complexity index is 293. The van der Waals surface area contributed by atoms with Gasteiger partial charge in [0.15, 0.2) is 0 Å². The van der Waals surface area contributed by atoms with Gasteiger partial charge in [0, 0.05) is 17.8 Å².